The zero-order valence-electron chi connectivity index (χ0n) is 13.1. The Bertz CT molecular complexity index is 605. The van der Waals surface area contributed by atoms with Crippen LogP contribution in [0.2, 0.25) is 0 Å². The molecule has 0 aliphatic rings. The van der Waals surface area contributed by atoms with Crippen LogP contribution in [0.5, 0.6) is 0 Å². The van der Waals surface area contributed by atoms with Crippen molar-refractivity contribution in [3.63, 3.8) is 0 Å². The van der Waals surface area contributed by atoms with Crippen molar-refractivity contribution in [1.82, 2.24) is 5.32 Å². The molecule has 0 unspecified atom stereocenters. The van der Waals surface area contributed by atoms with Crippen molar-refractivity contribution in [2.75, 3.05) is 6.54 Å². The van der Waals surface area contributed by atoms with Gasteiger partial charge >= 0.3 is 6.18 Å². The monoisotopic (exact) mass is 369 g/mol. The summed E-state index contributed by atoms with van der Waals surface area (Å²) in [6.45, 7) is 3.73. The first-order valence-corrected chi connectivity index (χ1v) is 6.96. The number of halogens is 4. The molecule has 1 aromatic carbocycles. The van der Waals surface area contributed by atoms with E-state index in [0.717, 1.165) is 6.07 Å². The molecule has 1 rings (SSSR count). The summed E-state index contributed by atoms with van der Waals surface area (Å²) in [5.41, 5.74) is 2.82. The Morgan fingerprint density at radius 1 is 1.29 bits per heavy atom. The number of hydrogen-bond acceptors (Lipinski definition) is 4. The number of hydrogen-bond donors (Lipinski definition) is 2. The van der Waals surface area contributed by atoms with Crippen molar-refractivity contribution < 1.29 is 22.9 Å². The van der Waals surface area contributed by atoms with Crippen LogP contribution < -0.4 is 11.1 Å². The van der Waals surface area contributed by atoms with Gasteiger partial charge in [0.25, 0.3) is 11.6 Å². The molecule has 0 heterocycles. The third kappa shape index (κ3) is 5.34. The largest absolute Gasteiger partial charge is 0.416 e. The number of nitrogens with two attached hydrogens (primary N) is 1. The van der Waals surface area contributed by atoms with Crippen LogP contribution in [0.15, 0.2) is 18.2 Å². The maximum Gasteiger partial charge on any atom is 0.416 e. The third-order valence-corrected chi connectivity index (χ3v) is 3.78. The van der Waals surface area contributed by atoms with E-state index in [4.69, 9.17) is 5.73 Å². The van der Waals surface area contributed by atoms with Gasteiger partial charge in [0.1, 0.15) is 5.56 Å². The maximum atomic E-state index is 12.6. The zero-order chi connectivity index (χ0) is 17.8. The van der Waals surface area contributed by atoms with Crippen LogP contribution in [-0.4, -0.2) is 22.9 Å². The second-order valence-electron chi connectivity index (χ2n) is 5.24. The molecular weight excluding hydrogens is 351 g/mol. The smallest absolute Gasteiger partial charge is 0.350 e. The van der Waals surface area contributed by atoms with Gasteiger partial charge in [0.15, 0.2) is 0 Å². The van der Waals surface area contributed by atoms with Crippen LogP contribution in [0.25, 0.3) is 0 Å². The summed E-state index contributed by atoms with van der Waals surface area (Å²) in [6.07, 6.45) is -3.59. The van der Waals surface area contributed by atoms with Crippen LogP contribution >= 0.6 is 12.4 Å². The van der Waals surface area contributed by atoms with Crippen LogP contribution in [0, 0.1) is 10.1 Å². The van der Waals surface area contributed by atoms with E-state index in [1.807, 2.05) is 13.8 Å². The molecule has 24 heavy (non-hydrogen) atoms. The zero-order valence-corrected chi connectivity index (χ0v) is 14.0. The van der Waals surface area contributed by atoms with Crippen molar-refractivity contribution in [1.29, 1.82) is 0 Å². The van der Waals surface area contributed by atoms with Gasteiger partial charge in [0.05, 0.1) is 10.5 Å². The summed E-state index contributed by atoms with van der Waals surface area (Å²) in [5.74, 6) is -0.831. The number of nitro groups is 1. The molecule has 0 bridgehead atoms. The van der Waals surface area contributed by atoms with E-state index < -0.39 is 39.4 Å². The molecule has 136 valence electrons. The number of carbonyl (C=O) groups excluding carboxylic acids is 1. The minimum absolute atomic E-state index is 0. The highest BCUT2D eigenvalue weighted by atomic mass is 35.5. The number of carbonyl (C=O) groups is 1. The minimum atomic E-state index is -4.73. The number of nitro benzene ring substituents is 1. The van der Waals surface area contributed by atoms with Crippen molar-refractivity contribution in [3.8, 4) is 0 Å². The Balaban J connectivity index is 0.00000529. The fraction of sp³-hybridized carbons (Fsp3) is 0.500. The lowest BCUT2D eigenvalue weighted by atomic mass is 9.94. The molecule has 0 saturated heterocycles. The molecule has 0 aliphatic heterocycles. The average molecular weight is 370 g/mol. The molecular formula is C14H19ClF3N3O3. The van der Waals surface area contributed by atoms with Crippen molar-refractivity contribution in [2.24, 2.45) is 5.73 Å². The van der Waals surface area contributed by atoms with E-state index >= 15 is 0 Å². The molecule has 0 saturated carbocycles. The number of alkyl halides is 3. The second kappa shape index (κ2) is 8.29. The highest BCUT2D eigenvalue weighted by Gasteiger charge is 2.34. The van der Waals surface area contributed by atoms with E-state index in [9.17, 15) is 28.1 Å². The fourth-order valence-corrected chi connectivity index (χ4v) is 1.90. The Kier molecular flexibility index (Phi) is 7.65. The van der Waals surface area contributed by atoms with Gasteiger partial charge in [-0.3, -0.25) is 14.9 Å². The summed E-state index contributed by atoms with van der Waals surface area (Å²) in [7, 11) is 0. The summed E-state index contributed by atoms with van der Waals surface area (Å²) in [6, 6.07) is 1.79. The molecule has 6 nitrogen and oxygen atoms in total. The van der Waals surface area contributed by atoms with Gasteiger partial charge in [0, 0.05) is 18.2 Å². The lowest BCUT2D eigenvalue weighted by Crippen LogP contribution is -2.49. The highest BCUT2D eigenvalue weighted by Crippen LogP contribution is 2.33. The Morgan fingerprint density at radius 2 is 1.83 bits per heavy atom. The molecule has 0 aliphatic carbocycles. The topological polar surface area (TPSA) is 98.3 Å². The van der Waals surface area contributed by atoms with Gasteiger partial charge in [-0.25, -0.2) is 0 Å². The predicted octanol–water partition coefficient (Wildman–Crippen LogP) is 3.28. The standard InChI is InChI=1S/C14H18F3N3O3.ClH/c1-3-13(18,4-2)8-19-12(21)10-6-5-9(14(15,16)17)7-11(10)20(22)23;/h5-7H,3-4,8,18H2,1-2H3,(H,19,21);1H. The van der Waals surface area contributed by atoms with Crippen molar-refractivity contribution >= 4 is 24.0 Å². The first-order valence-electron chi connectivity index (χ1n) is 6.96. The van der Waals surface area contributed by atoms with Gasteiger partial charge in [-0.15, -0.1) is 12.4 Å². The lowest BCUT2D eigenvalue weighted by Gasteiger charge is -2.26. The number of nitrogens with one attached hydrogen (secondary N) is 1. The van der Waals surface area contributed by atoms with Crippen molar-refractivity contribution in [2.45, 2.75) is 38.4 Å². The third-order valence-electron chi connectivity index (χ3n) is 3.78. The Labute approximate surface area is 143 Å². The molecule has 0 radical (unpaired) electrons. The predicted molar refractivity (Wildman–Crippen MR) is 85.2 cm³/mol. The molecule has 1 amide bonds. The first kappa shape index (κ1) is 22.1. The summed E-state index contributed by atoms with van der Waals surface area (Å²) in [5, 5.41) is 13.4. The van der Waals surface area contributed by atoms with Gasteiger partial charge < -0.3 is 11.1 Å². The Morgan fingerprint density at radius 3 is 2.25 bits per heavy atom. The number of nitrogens with zero attached hydrogens (tertiary/aromatic N) is 1. The van der Waals surface area contributed by atoms with Crippen LogP contribution in [0.4, 0.5) is 18.9 Å². The van der Waals surface area contributed by atoms with E-state index in [1.165, 1.54) is 0 Å². The molecule has 10 heteroatoms. The molecule has 0 spiro atoms. The molecule has 0 atom stereocenters. The van der Waals surface area contributed by atoms with Crippen LogP contribution in [0.3, 0.4) is 0 Å². The molecule has 1 aromatic rings. The highest BCUT2D eigenvalue weighted by molar-refractivity contribution is 5.98. The lowest BCUT2D eigenvalue weighted by molar-refractivity contribution is -0.385. The van der Waals surface area contributed by atoms with Gasteiger partial charge in [0.2, 0.25) is 0 Å². The summed E-state index contributed by atoms with van der Waals surface area (Å²) in [4.78, 5) is 22.0. The second-order valence-corrected chi connectivity index (χ2v) is 5.24. The first-order chi connectivity index (χ1) is 10.5. The number of rotatable bonds is 6. The average Bonchev–Trinajstić information content (AvgIpc) is 2.50. The maximum absolute atomic E-state index is 12.6. The van der Waals surface area contributed by atoms with Crippen molar-refractivity contribution in [3.05, 3.63) is 39.4 Å². The Hall–Kier alpha value is -1.87. The quantitative estimate of drug-likeness (QED) is 0.593. The minimum Gasteiger partial charge on any atom is -0.350 e. The summed E-state index contributed by atoms with van der Waals surface area (Å²) >= 11 is 0. The van der Waals surface area contributed by atoms with E-state index in [1.54, 1.807) is 0 Å². The van der Waals surface area contributed by atoms with Gasteiger partial charge in [-0.05, 0) is 25.0 Å². The normalized spacial score (nSPS) is 11.6. The molecule has 0 aromatic heterocycles. The SMILES string of the molecule is CCC(N)(CC)CNC(=O)c1ccc(C(F)(F)F)cc1[N+](=O)[O-].Cl. The van der Waals surface area contributed by atoms with Gasteiger partial charge in [-0.2, -0.15) is 13.2 Å². The van der Waals surface area contributed by atoms with E-state index in [0.29, 0.717) is 25.0 Å². The fourth-order valence-electron chi connectivity index (χ4n) is 1.90. The summed E-state index contributed by atoms with van der Waals surface area (Å²) < 4.78 is 37.9. The number of amides is 1. The number of benzene rings is 1. The molecule has 0 fully saturated rings. The van der Waals surface area contributed by atoms with Crippen LogP contribution in [0.1, 0.15) is 42.6 Å². The van der Waals surface area contributed by atoms with Crippen LogP contribution in [-0.2, 0) is 6.18 Å². The van der Waals surface area contributed by atoms with E-state index in [2.05, 4.69) is 5.32 Å². The molecule has 3 N–H and O–H groups in total. The van der Waals surface area contributed by atoms with E-state index in [-0.39, 0.29) is 19.0 Å². The van der Waals surface area contributed by atoms with Gasteiger partial charge in [-0.1, -0.05) is 13.8 Å².